The van der Waals surface area contributed by atoms with E-state index in [1.165, 1.54) is 17.8 Å². The fourth-order valence-electron chi connectivity index (χ4n) is 3.55. The first kappa shape index (κ1) is 20.4. The van der Waals surface area contributed by atoms with Crippen LogP contribution in [0.2, 0.25) is 5.02 Å². The van der Waals surface area contributed by atoms with Gasteiger partial charge in [-0.2, -0.15) is 4.99 Å². The molecule has 9 heteroatoms. The largest absolute Gasteiger partial charge is 0.315 e. The molecule has 5 nitrogen and oxygen atoms in total. The number of nitrogens with zero attached hydrogens (tertiary/aromatic N) is 2. The number of amidine groups is 1. The minimum Gasteiger partial charge on any atom is -0.315 e. The smallest absolute Gasteiger partial charge is 0.252 e. The maximum atomic E-state index is 14.2. The van der Waals surface area contributed by atoms with E-state index in [1.54, 1.807) is 48.2 Å². The fraction of sp³-hybridized carbons (Fsp3) is 0.300. The van der Waals surface area contributed by atoms with Crippen molar-refractivity contribution < 1.29 is 17.6 Å². The zero-order valence-electron chi connectivity index (χ0n) is 15.5. The van der Waals surface area contributed by atoms with E-state index < -0.39 is 15.7 Å². The van der Waals surface area contributed by atoms with Gasteiger partial charge >= 0.3 is 0 Å². The molecule has 0 N–H and O–H groups in total. The molecule has 29 heavy (non-hydrogen) atoms. The minimum absolute atomic E-state index is 0.0188. The molecule has 0 aliphatic carbocycles. The molecular formula is C20H18ClFN2O3S2. The first-order valence-corrected chi connectivity index (χ1v) is 12.1. The van der Waals surface area contributed by atoms with E-state index in [2.05, 4.69) is 4.99 Å². The van der Waals surface area contributed by atoms with Gasteiger partial charge in [0.1, 0.15) is 5.82 Å². The zero-order valence-corrected chi connectivity index (χ0v) is 17.9. The third kappa shape index (κ3) is 4.20. The number of benzene rings is 2. The van der Waals surface area contributed by atoms with E-state index in [0.29, 0.717) is 27.0 Å². The number of hydrogen-bond donors (Lipinski definition) is 0. The first-order chi connectivity index (χ1) is 13.7. The Balaban J connectivity index is 1.67. The highest BCUT2D eigenvalue weighted by molar-refractivity contribution is 8.16. The molecule has 2 aromatic carbocycles. The lowest BCUT2D eigenvalue weighted by molar-refractivity contribution is -0.117. The third-order valence-corrected chi connectivity index (χ3v) is 8.60. The minimum atomic E-state index is -3.18. The Hall–Kier alpha value is -1.90. The van der Waals surface area contributed by atoms with Crippen LogP contribution in [0.4, 0.5) is 10.1 Å². The number of thioether (sulfide) groups is 1. The summed E-state index contributed by atoms with van der Waals surface area (Å²) in [6.45, 7) is 1.66. The maximum absolute atomic E-state index is 14.2. The summed E-state index contributed by atoms with van der Waals surface area (Å²) < 4.78 is 38.4. The Morgan fingerprint density at radius 1 is 1.28 bits per heavy atom. The van der Waals surface area contributed by atoms with Gasteiger partial charge in [0, 0.05) is 16.0 Å². The van der Waals surface area contributed by atoms with Crippen LogP contribution < -0.4 is 4.90 Å². The van der Waals surface area contributed by atoms with Crippen molar-refractivity contribution in [2.75, 3.05) is 16.4 Å². The van der Waals surface area contributed by atoms with Gasteiger partial charge in [0.05, 0.1) is 24.0 Å². The van der Waals surface area contributed by atoms with Crippen LogP contribution in [0.3, 0.4) is 0 Å². The Labute approximate surface area is 177 Å². The van der Waals surface area contributed by atoms with E-state index in [9.17, 15) is 17.6 Å². The lowest BCUT2D eigenvalue weighted by Gasteiger charge is -2.24. The highest BCUT2D eigenvalue weighted by Gasteiger charge is 2.49. The number of carbonyl (C=O) groups excluding carboxylic acids is 1. The van der Waals surface area contributed by atoms with Gasteiger partial charge in [0.2, 0.25) is 0 Å². The number of rotatable bonds is 3. The van der Waals surface area contributed by atoms with E-state index in [1.807, 2.05) is 0 Å². The molecule has 2 aliphatic heterocycles. The Morgan fingerprint density at radius 2 is 2.03 bits per heavy atom. The maximum Gasteiger partial charge on any atom is 0.252 e. The van der Waals surface area contributed by atoms with Crippen LogP contribution in [0, 0.1) is 12.7 Å². The Kier molecular flexibility index (Phi) is 5.44. The number of amides is 1. The van der Waals surface area contributed by atoms with Gasteiger partial charge in [-0.1, -0.05) is 47.6 Å². The predicted molar refractivity (Wildman–Crippen MR) is 115 cm³/mol. The van der Waals surface area contributed by atoms with Gasteiger partial charge in [-0.15, -0.1) is 0 Å². The third-order valence-electron chi connectivity index (χ3n) is 5.02. The SMILES string of the molecule is Cc1ccc(N2C(=NC(=O)Cc3ccccc3Cl)SC3CS(=O)(=O)CC32)cc1F. The summed E-state index contributed by atoms with van der Waals surface area (Å²) in [7, 11) is -3.18. The Morgan fingerprint density at radius 3 is 2.76 bits per heavy atom. The molecule has 2 unspecified atom stereocenters. The second kappa shape index (κ2) is 7.74. The molecule has 2 saturated heterocycles. The lowest BCUT2D eigenvalue weighted by Crippen LogP contribution is -2.37. The quantitative estimate of drug-likeness (QED) is 0.711. The van der Waals surface area contributed by atoms with E-state index >= 15 is 0 Å². The molecule has 0 saturated carbocycles. The molecular weight excluding hydrogens is 435 g/mol. The molecule has 2 atom stereocenters. The van der Waals surface area contributed by atoms with E-state index in [4.69, 9.17) is 11.6 Å². The van der Waals surface area contributed by atoms with Crippen molar-refractivity contribution >= 4 is 50.0 Å². The summed E-state index contributed by atoms with van der Waals surface area (Å²) in [5, 5.41) is 0.645. The van der Waals surface area contributed by atoms with Crippen LogP contribution in [-0.4, -0.2) is 42.3 Å². The van der Waals surface area contributed by atoms with Crippen LogP contribution in [0.25, 0.3) is 0 Å². The Bertz CT molecular complexity index is 1120. The summed E-state index contributed by atoms with van der Waals surface area (Å²) in [6, 6.07) is 11.4. The van der Waals surface area contributed by atoms with Crippen LogP contribution >= 0.6 is 23.4 Å². The van der Waals surface area contributed by atoms with Gasteiger partial charge in [-0.05, 0) is 36.2 Å². The van der Waals surface area contributed by atoms with E-state index in [0.717, 1.165) is 0 Å². The zero-order chi connectivity index (χ0) is 20.8. The number of hydrogen-bond acceptors (Lipinski definition) is 4. The summed E-state index contributed by atoms with van der Waals surface area (Å²) in [6.07, 6.45) is 0.0352. The van der Waals surface area contributed by atoms with Gasteiger partial charge in [-0.3, -0.25) is 4.79 Å². The number of sulfone groups is 1. The summed E-state index contributed by atoms with van der Waals surface area (Å²) in [5.41, 5.74) is 1.65. The van der Waals surface area contributed by atoms with Gasteiger partial charge in [0.25, 0.3) is 5.91 Å². The average molecular weight is 453 g/mol. The molecule has 2 heterocycles. The fourth-order valence-corrected chi connectivity index (χ4v) is 7.68. The molecule has 2 aromatic rings. The second-order valence-corrected chi connectivity index (χ2v) is 10.9. The van der Waals surface area contributed by atoms with Crippen LogP contribution in [0.15, 0.2) is 47.5 Å². The van der Waals surface area contributed by atoms with Crippen molar-refractivity contribution in [2.45, 2.75) is 24.6 Å². The molecule has 0 aromatic heterocycles. The molecule has 2 aliphatic rings. The van der Waals surface area contributed by atoms with Crippen molar-refractivity contribution in [3.05, 3.63) is 64.4 Å². The summed E-state index contributed by atoms with van der Waals surface area (Å²) in [5.74, 6) is -0.803. The number of aryl methyl sites for hydroxylation is 1. The number of carbonyl (C=O) groups is 1. The van der Waals surface area contributed by atoms with Crippen molar-refractivity contribution in [2.24, 2.45) is 4.99 Å². The number of aliphatic imine (C=N–C) groups is 1. The molecule has 2 fully saturated rings. The number of fused-ring (bicyclic) bond motifs is 1. The van der Waals surface area contributed by atoms with Crippen molar-refractivity contribution in [1.82, 2.24) is 0 Å². The summed E-state index contributed by atoms with van der Waals surface area (Å²) >= 11 is 7.39. The van der Waals surface area contributed by atoms with E-state index in [-0.39, 0.29) is 35.1 Å². The summed E-state index contributed by atoms with van der Waals surface area (Å²) in [4.78, 5) is 18.5. The van der Waals surface area contributed by atoms with Crippen molar-refractivity contribution in [3.8, 4) is 0 Å². The topological polar surface area (TPSA) is 66.8 Å². The standard InChI is InChI=1S/C20H18ClFN2O3S2/c1-12-6-7-14(9-16(12)22)24-17-10-29(26,27)11-18(17)28-20(24)23-19(25)8-13-4-2-3-5-15(13)21/h2-7,9,17-18H,8,10-11H2,1H3. The molecule has 4 rings (SSSR count). The van der Waals surface area contributed by atoms with Crippen molar-refractivity contribution in [1.29, 1.82) is 0 Å². The predicted octanol–water partition coefficient (Wildman–Crippen LogP) is 3.63. The monoisotopic (exact) mass is 452 g/mol. The van der Waals surface area contributed by atoms with Crippen molar-refractivity contribution in [3.63, 3.8) is 0 Å². The highest BCUT2D eigenvalue weighted by atomic mass is 35.5. The molecule has 152 valence electrons. The second-order valence-electron chi connectivity index (χ2n) is 7.16. The van der Waals surface area contributed by atoms with Gasteiger partial charge in [-0.25, -0.2) is 12.8 Å². The van der Waals surface area contributed by atoms with Crippen LogP contribution in [0.5, 0.6) is 0 Å². The van der Waals surface area contributed by atoms with Crippen LogP contribution in [0.1, 0.15) is 11.1 Å². The van der Waals surface area contributed by atoms with Crippen LogP contribution in [-0.2, 0) is 21.1 Å². The molecule has 1 amide bonds. The first-order valence-electron chi connectivity index (χ1n) is 9.01. The average Bonchev–Trinajstić information content (AvgIpc) is 3.10. The molecule has 0 radical (unpaired) electrons. The molecule has 0 spiro atoms. The van der Waals surface area contributed by atoms with Gasteiger partial charge in [0.15, 0.2) is 15.0 Å². The molecule has 0 bridgehead atoms. The number of anilines is 1. The number of halogens is 2. The normalized spacial score (nSPS) is 24.1. The highest BCUT2D eigenvalue weighted by Crippen LogP contribution is 2.41. The van der Waals surface area contributed by atoms with Gasteiger partial charge < -0.3 is 4.90 Å². The lowest BCUT2D eigenvalue weighted by atomic mass is 10.1.